The molecule has 0 aromatic heterocycles. The Balaban J connectivity index is 1.12. The first-order valence-electron chi connectivity index (χ1n) is 11.9. The fourth-order valence-electron chi connectivity index (χ4n) is 5.60. The van der Waals surface area contributed by atoms with Gasteiger partial charge in [0.05, 0.1) is 19.1 Å². The van der Waals surface area contributed by atoms with Crippen LogP contribution in [0.25, 0.3) is 0 Å². The highest BCUT2D eigenvalue weighted by Crippen LogP contribution is 2.32. The van der Waals surface area contributed by atoms with Crippen molar-refractivity contribution in [3.05, 3.63) is 29.1 Å². The van der Waals surface area contributed by atoms with Crippen LogP contribution in [0.15, 0.2) is 12.1 Å². The third kappa shape index (κ3) is 4.22. The molecule has 3 heterocycles. The number of fused-ring (bicyclic) bond motifs is 1. The summed E-state index contributed by atoms with van der Waals surface area (Å²) in [5.74, 6) is 0.0159. The quantitative estimate of drug-likeness (QED) is 0.740. The molecule has 4 aliphatic rings. The summed E-state index contributed by atoms with van der Waals surface area (Å²) in [6, 6.07) is 3.40. The largest absolute Gasteiger partial charge is 0.380 e. The van der Waals surface area contributed by atoms with Crippen LogP contribution >= 0.6 is 0 Å². The number of piperazine rings is 1. The second-order valence-corrected chi connectivity index (χ2v) is 9.74. The van der Waals surface area contributed by atoms with Crippen molar-refractivity contribution in [2.45, 2.75) is 57.2 Å². The lowest BCUT2D eigenvalue weighted by atomic mass is 9.89. The predicted molar refractivity (Wildman–Crippen MR) is 119 cm³/mol. The molecule has 8 heteroatoms. The van der Waals surface area contributed by atoms with Gasteiger partial charge in [0.1, 0.15) is 11.9 Å². The van der Waals surface area contributed by atoms with E-state index in [2.05, 4.69) is 15.5 Å². The van der Waals surface area contributed by atoms with Crippen LogP contribution in [0, 0.1) is 18.7 Å². The van der Waals surface area contributed by atoms with Crippen LogP contribution in [0.3, 0.4) is 0 Å². The van der Waals surface area contributed by atoms with Crippen molar-refractivity contribution in [3.63, 3.8) is 0 Å². The number of carbonyl (C=O) groups excluding carboxylic acids is 2. The summed E-state index contributed by atoms with van der Waals surface area (Å²) in [6.07, 6.45) is 4.53. The molecule has 3 fully saturated rings. The Morgan fingerprint density at radius 1 is 1.16 bits per heavy atom. The molecule has 0 bridgehead atoms. The van der Waals surface area contributed by atoms with Crippen molar-refractivity contribution in [3.8, 4) is 0 Å². The van der Waals surface area contributed by atoms with Crippen molar-refractivity contribution < 1.29 is 18.7 Å². The monoisotopic (exact) mass is 444 g/mol. The molecule has 1 aliphatic carbocycles. The molecule has 0 spiro atoms. The number of amides is 2. The minimum absolute atomic E-state index is 0.0382. The second kappa shape index (κ2) is 8.98. The molecular weight excluding hydrogens is 411 g/mol. The number of hydrogen-bond donors (Lipinski definition) is 2. The zero-order valence-corrected chi connectivity index (χ0v) is 18.7. The van der Waals surface area contributed by atoms with Gasteiger partial charge in [0.15, 0.2) is 0 Å². The van der Waals surface area contributed by atoms with Gasteiger partial charge in [-0.2, -0.15) is 0 Å². The van der Waals surface area contributed by atoms with Crippen molar-refractivity contribution in [1.29, 1.82) is 0 Å². The average molecular weight is 445 g/mol. The van der Waals surface area contributed by atoms with E-state index in [0.717, 1.165) is 63.1 Å². The minimum Gasteiger partial charge on any atom is -0.380 e. The maximum absolute atomic E-state index is 14.2. The summed E-state index contributed by atoms with van der Waals surface area (Å²) < 4.78 is 19.3. The summed E-state index contributed by atoms with van der Waals surface area (Å²) in [5, 5.41) is 6.46. The first-order chi connectivity index (χ1) is 15.5. The van der Waals surface area contributed by atoms with Gasteiger partial charge >= 0.3 is 0 Å². The minimum atomic E-state index is -0.411. The Morgan fingerprint density at radius 3 is 2.62 bits per heavy atom. The topological polar surface area (TPSA) is 73.9 Å². The van der Waals surface area contributed by atoms with Gasteiger partial charge in [-0.1, -0.05) is 6.07 Å². The van der Waals surface area contributed by atoms with Crippen LogP contribution in [0.4, 0.5) is 10.1 Å². The number of carbonyl (C=O) groups is 2. The molecule has 7 nitrogen and oxygen atoms in total. The number of rotatable bonds is 4. The van der Waals surface area contributed by atoms with Crippen LogP contribution in [0.2, 0.25) is 0 Å². The number of nitrogens with one attached hydrogen (secondary N) is 2. The predicted octanol–water partition coefficient (Wildman–Crippen LogP) is 1.69. The molecule has 5 rings (SSSR count). The highest BCUT2D eigenvalue weighted by Gasteiger charge is 2.36. The molecule has 3 aliphatic heterocycles. The van der Waals surface area contributed by atoms with Crippen LogP contribution in [0.5, 0.6) is 0 Å². The van der Waals surface area contributed by atoms with E-state index >= 15 is 0 Å². The number of nitrogens with zero attached hydrogens (tertiary/aromatic N) is 2. The number of halogens is 1. The van der Waals surface area contributed by atoms with Crippen LogP contribution < -0.4 is 10.6 Å². The molecule has 2 saturated heterocycles. The second-order valence-electron chi connectivity index (χ2n) is 9.74. The molecule has 1 aromatic rings. The van der Waals surface area contributed by atoms with Gasteiger partial charge in [0.2, 0.25) is 11.8 Å². The SMILES string of the molecule is Cc1ccc(F)c2c1NC(C(=O)N[C@@H]1CCC[C@H](N3CCN(C(=O)C4COC4)CC3)C1)C2. The van der Waals surface area contributed by atoms with Crippen LogP contribution in [-0.2, 0) is 20.7 Å². The molecule has 174 valence electrons. The molecule has 32 heavy (non-hydrogen) atoms. The molecule has 3 atom stereocenters. The van der Waals surface area contributed by atoms with Gasteiger partial charge in [0, 0.05) is 55.9 Å². The van der Waals surface area contributed by atoms with E-state index in [1.807, 2.05) is 11.8 Å². The Labute approximate surface area is 188 Å². The molecule has 2 N–H and O–H groups in total. The molecule has 1 aromatic carbocycles. The van der Waals surface area contributed by atoms with E-state index < -0.39 is 6.04 Å². The number of ether oxygens (including phenoxy) is 1. The highest BCUT2D eigenvalue weighted by atomic mass is 19.1. The van der Waals surface area contributed by atoms with Crippen molar-refractivity contribution in [2.24, 2.45) is 5.92 Å². The molecule has 1 saturated carbocycles. The first-order valence-corrected chi connectivity index (χ1v) is 11.9. The van der Waals surface area contributed by atoms with E-state index in [4.69, 9.17) is 4.74 Å². The lowest BCUT2D eigenvalue weighted by molar-refractivity contribution is -0.152. The van der Waals surface area contributed by atoms with Crippen LogP contribution in [0.1, 0.15) is 36.8 Å². The highest BCUT2D eigenvalue weighted by molar-refractivity contribution is 5.88. The number of aryl methyl sites for hydroxylation is 1. The summed E-state index contributed by atoms with van der Waals surface area (Å²) in [5.41, 5.74) is 2.36. The fourth-order valence-corrected chi connectivity index (χ4v) is 5.60. The van der Waals surface area contributed by atoms with Gasteiger partial charge in [0.25, 0.3) is 0 Å². The standard InChI is InChI=1S/C24H33FN4O3/c1-15-5-6-20(25)19-12-21(27-22(15)19)23(30)26-17-3-2-4-18(11-17)28-7-9-29(10-8-28)24(31)16-13-32-14-16/h5-6,16-18,21,27H,2-4,7-14H2,1H3,(H,26,30)/t17-,18+,21?/m1/s1. The van der Waals surface area contributed by atoms with E-state index in [0.29, 0.717) is 31.2 Å². The normalized spacial score (nSPS) is 28.6. The van der Waals surface area contributed by atoms with E-state index in [1.54, 1.807) is 6.07 Å². The molecule has 2 amide bonds. The van der Waals surface area contributed by atoms with E-state index in [9.17, 15) is 14.0 Å². The van der Waals surface area contributed by atoms with Crippen molar-refractivity contribution in [2.75, 3.05) is 44.7 Å². The van der Waals surface area contributed by atoms with Crippen molar-refractivity contribution >= 4 is 17.5 Å². The Hall–Kier alpha value is -2.19. The van der Waals surface area contributed by atoms with E-state index in [-0.39, 0.29) is 29.6 Å². The number of anilines is 1. The molecule has 1 unspecified atom stereocenters. The van der Waals surface area contributed by atoms with Gasteiger partial charge in [-0.05, 0) is 44.2 Å². The third-order valence-corrected chi connectivity index (χ3v) is 7.63. The third-order valence-electron chi connectivity index (χ3n) is 7.63. The van der Waals surface area contributed by atoms with Crippen molar-refractivity contribution in [1.82, 2.24) is 15.1 Å². The summed E-state index contributed by atoms with van der Waals surface area (Å²) >= 11 is 0. The Kier molecular flexibility index (Phi) is 6.07. The number of hydrogen-bond acceptors (Lipinski definition) is 5. The van der Waals surface area contributed by atoms with Gasteiger partial charge in [-0.25, -0.2) is 4.39 Å². The fraction of sp³-hybridized carbons (Fsp3) is 0.667. The average Bonchev–Trinajstić information content (AvgIpc) is 3.23. The first kappa shape index (κ1) is 21.6. The Morgan fingerprint density at radius 2 is 1.94 bits per heavy atom. The summed E-state index contributed by atoms with van der Waals surface area (Å²) in [4.78, 5) is 29.8. The van der Waals surface area contributed by atoms with Gasteiger partial charge < -0.3 is 20.3 Å². The Bertz CT molecular complexity index is 851. The smallest absolute Gasteiger partial charge is 0.243 e. The lowest BCUT2D eigenvalue weighted by Crippen LogP contribution is -2.57. The van der Waals surface area contributed by atoms with E-state index in [1.165, 1.54) is 6.07 Å². The molecule has 0 radical (unpaired) electrons. The van der Waals surface area contributed by atoms with Gasteiger partial charge in [-0.3, -0.25) is 14.5 Å². The molecular formula is C24H33FN4O3. The summed E-state index contributed by atoms with van der Waals surface area (Å²) in [6.45, 7) is 6.40. The maximum Gasteiger partial charge on any atom is 0.243 e. The maximum atomic E-state index is 14.2. The zero-order valence-electron chi connectivity index (χ0n) is 18.7. The number of benzene rings is 1. The van der Waals surface area contributed by atoms with Gasteiger partial charge in [-0.15, -0.1) is 0 Å². The van der Waals surface area contributed by atoms with Crippen LogP contribution in [-0.4, -0.2) is 79.1 Å². The lowest BCUT2D eigenvalue weighted by Gasteiger charge is -2.43. The summed E-state index contributed by atoms with van der Waals surface area (Å²) in [7, 11) is 0. The zero-order chi connectivity index (χ0) is 22.2.